The maximum Gasteiger partial charge on any atom is 0.274 e. The summed E-state index contributed by atoms with van der Waals surface area (Å²) in [5.41, 5.74) is 5.95. The van der Waals surface area contributed by atoms with Crippen LogP contribution in [0.4, 0.5) is 0 Å². The third-order valence-electron chi connectivity index (χ3n) is 9.83. The van der Waals surface area contributed by atoms with Crippen molar-refractivity contribution >= 4 is 23.2 Å². The molecule has 1 fully saturated rings. The van der Waals surface area contributed by atoms with E-state index in [2.05, 4.69) is 19.9 Å². The fourth-order valence-corrected chi connectivity index (χ4v) is 7.99. The lowest BCUT2D eigenvalue weighted by atomic mass is 9.93. The molecule has 0 saturated carbocycles. The number of carbonyl (C=O) groups is 2. The summed E-state index contributed by atoms with van der Waals surface area (Å²) in [7, 11) is 0. The second kappa shape index (κ2) is 17.0. The average molecular weight is 712 g/mol. The van der Waals surface area contributed by atoms with Crippen molar-refractivity contribution < 1.29 is 24.0 Å². The predicted octanol–water partition coefficient (Wildman–Crippen LogP) is 5.80. The summed E-state index contributed by atoms with van der Waals surface area (Å²) in [5.74, 6) is -0.327. The van der Waals surface area contributed by atoms with Crippen LogP contribution in [0.3, 0.4) is 0 Å². The maximum absolute atomic E-state index is 14.7. The number of rotatable bonds is 13. The Hall–Kier alpha value is -4.00. The summed E-state index contributed by atoms with van der Waals surface area (Å²) >= 11 is -1.29. The van der Waals surface area contributed by atoms with Crippen molar-refractivity contribution in [3.63, 3.8) is 0 Å². The van der Waals surface area contributed by atoms with Crippen LogP contribution in [0, 0.1) is 6.92 Å². The van der Waals surface area contributed by atoms with Crippen LogP contribution in [0.2, 0.25) is 0 Å². The Morgan fingerprint density at radius 2 is 1.61 bits per heavy atom. The number of aliphatic hydroxyl groups is 1. The fourth-order valence-electron chi connectivity index (χ4n) is 6.84. The molecule has 2 aliphatic heterocycles. The Labute approximate surface area is 304 Å². The summed E-state index contributed by atoms with van der Waals surface area (Å²) in [6.45, 7) is 10.1. The van der Waals surface area contributed by atoms with Gasteiger partial charge >= 0.3 is 0 Å². The topological polar surface area (TPSA) is 114 Å². The van der Waals surface area contributed by atoms with Crippen LogP contribution in [-0.4, -0.2) is 97.4 Å². The first kappa shape index (κ1) is 36.8. The number of ether oxygens (including phenoxy) is 1. The number of amides is 2. The highest BCUT2D eigenvalue weighted by Crippen LogP contribution is 2.31. The van der Waals surface area contributed by atoms with Gasteiger partial charge in [0, 0.05) is 25.3 Å². The number of aromatic nitrogens is 2. The van der Waals surface area contributed by atoms with Crippen molar-refractivity contribution in [3.8, 4) is 16.8 Å². The number of hydrogen-bond acceptors (Lipinski definition) is 7. The zero-order valence-corrected chi connectivity index (χ0v) is 30.7. The molecule has 6 rings (SSSR count). The van der Waals surface area contributed by atoms with E-state index < -0.39 is 11.4 Å². The van der Waals surface area contributed by atoms with E-state index in [9.17, 15) is 19.2 Å². The van der Waals surface area contributed by atoms with Crippen LogP contribution in [-0.2, 0) is 29.1 Å². The van der Waals surface area contributed by atoms with Gasteiger partial charge in [0.25, 0.3) is 11.8 Å². The first-order valence-corrected chi connectivity index (χ1v) is 19.3. The molecule has 3 heterocycles. The van der Waals surface area contributed by atoms with Gasteiger partial charge in [-0.1, -0.05) is 57.0 Å². The Kier molecular flexibility index (Phi) is 12.3. The van der Waals surface area contributed by atoms with Gasteiger partial charge in [0.05, 0.1) is 61.6 Å². The molecule has 1 unspecified atom stereocenters. The second-order valence-corrected chi connectivity index (χ2v) is 14.9. The number of fused-ring (bicyclic) bond motifs is 1. The molecule has 2 amide bonds. The van der Waals surface area contributed by atoms with Crippen molar-refractivity contribution in [1.82, 2.24) is 23.9 Å². The van der Waals surface area contributed by atoms with E-state index in [1.807, 2.05) is 76.8 Å². The largest absolute Gasteiger partial charge is 0.593 e. The summed E-state index contributed by atoms with van der Waals surface area (Å²) in [6, 6.07) is 22.8. The highest BCUT2D eigenvalue weighted by Gasteiger charge is 2.32. The monoisotopic (exact) mass is 711 g/mol. The quantitative estimate of drug-likeness (QED) is 0.174. The van der Waals surface area contributed by atoms with Crippen molar-refractivity contribution in [2.75, 3.05) is 46.0 Å². The van der Waals surface area contributed by atoms with Crippen LogP contribution >= 0.6 is 0 Å². The molecule has 0 spiro atoms. The molecule has 0 bridgehead atoms. The normalized spacial score (nSPS) is 16.9. The molecular weight excluding hydrogens is 663 g/mol. The third kappa shape index (κ3) is 8.23. The van der Waals surface area contributed by atoms with E-state index in [0.29, 0.717) is 74.2 Å². The van der Waals surface area contributed by atoms with E-state index in [4.69, 9.17) is 9.84 Å². The smallest absolute Gasteiger partial charge is 0.274 e. The van der Waals surface area contributed by atoms with Gasteiger partial charge < -0.3 is 24.2 Å². The molecule has 51 heavy (non-hydrogen) atoms. The summed E-state index contributed by atoms with van der Waals surface area (Å²) < 4.78 is 22.2. The summed E-state index contributed by atoms with van der Waals surface area (Å²) in [6.07, 6.45) is 4.38. The molecule has 1 saturated heterocycles. The molecule has 0 aliphatic carbocycles. The van der Waals surface area contributed by atoms with E-state index in [1.54, 1.807) is 15.6 Å². The number of morpholine rings is 1. The lowest BCUT2D eigenvalue weighted by molar-refractivity contribution is 0.0544. The Morgan fingerprint density at radius 3 is 2.27 bits per heavy atom. The second-order valence-electron chi connectivity index (χ2n) is 13.4. The molecule has 2 atom stereocenters. The van der Waals surface area contributed by atoms with Gasteiger partial charge in [0.1, 0.15) is 0 Å². The molecule has 1 N–H and O–H groups in total. The number of aryl methyl sites for hydroxylation is 1. The lowest BCUT2D eigenvalue weighted by Crippen LogP contribution is -2.46. The van der Waals surface area contributed by atoms with E-state index in [-0.39, 0.29) is 24.5 Å². The SMILES string of the molecule is CCCCN(CCCC)C(=O)c1cc(C)n(-c2ccc(-c3ccc([S+]([O-])N4CCOCC4)cc3)cc2C(=O)N2Cc3ccccc3C[C@H]2CO)n1. The summed E-state index contributed by atoms with van der Waals surface area (Å²) in [4.78, 5) is 32.8. The highest BCUT2D eigenvalue weighted by molar-refractivity contribution is 7.89. The molecule has 3 aromatic carbocycles. The number of aliphatic hydroxyl groups excluding tert-OH is 1. The zero-order chi connectivity index (χ0) is 35.9. The number of carbonyl (C=O) groups excluding carboxylic acids is 2. The number of nitrogens with zero attached hydrogens (tertiary/aromatic N) is 5. The average Bonchev–Trinajstić information content (AvgIpc) is 3.57. The van der Waals surface area contributed by atoms with Gasteiger partial charge in [0.15, 0.2) is 10.6 Å². The summed E-state index contributed by atoms with van der Waals surface area (Å²) in [5, 5.41) is 15.3. The Balaban J connectivity index is 1.37. The minimum absolute atomic E-state index is 0.106. The first-order chi connectivity index (χ1) is 24.8. The molecule has 11 heteroatoms. The van der Waals surface area contributed by atoms with E-state index in [1.165, 1.54) is 0 Å². The molecule has 10 nitrogen and oxygen atoms in total. The molecule has 2 aliphatic rings. The molecular formula is C40H49N5O5S. The van der Waals surface area contributed by atoms with Crippen molar-refractivity contribution in [2.24, 2.45) is 0 Å². The number of unbranched alkanes of at least 4 members (excludes halogenated alkanes) is 2. The Morgan fingerprint density at radius 1 is 0.941 bits per heavy atom. The third-order valence-corrected chi connectivity index (χ3v) is 11.3. The van der Waals surface area contributed by atoms with Crippen LogP contribution < -0.4 is 0 Å². The molecule has 4 aromatic rings. The Bertz CT molecular complexity index is 1800. The standard InChI is InChI=1S/C40H49N5O5S/c1-4-6-18-42(19-7-5-2)40(48)37-24-29(3)45(41-37)38-17-14-32(30-12-15-35(16-13-30)51(49)43-20-22-50-23-21-43)26-36(38)39(47)44-27-33-11-9-8-10-31(33)25-34(44)28-46/h8-17,24,26,34,46H,4-7,18-23,25,27-28H2,1-3H3/t34-,51?/m0/s1. The number of hydrogen-bond donors (Lipinski definition) is 1. The maximum atomic E-state index is 14.7. The highest BCUT2D eigenvalue weighted by atomic mass is 32.2. The van der Waals surface area contributed by atoms with E-state index >= 15 is 0 Å². The van der Waals surface area contributed by atoms with Crippen LogP contribution in [0.5, 0.6) is 0 Å². The minimum atomic E-state index is -1.29. The first-order valence-electron chi connectivity index (χ1n) is 18.2. The van der Waals surface area contributed by atoms with Gasteiger partial charge in [-0.3, -0.25) is 9.59 Å². The lowest BCUT2D eigenvalue weighted by Gasteiger charge is -2.36. The zero-order valence-electron chi connectivity index (χ0n) is 29.9. The molecule has 1 aromatic heterocycles. The molecule has 0 radical (unpaired) electrons. The minimum Gasteiger partial charge on any atom is -0.593 e. The van der Waals surface area contributed by atoms with Gasteiger partial charge in [-0.2, -0.15) is 5.10 Å². The number of benzene rings is 3. The van der Waals surface area contributed by atoms with Gasteiger partial charge in [0.2, 0.25) is 0 Å². The van der Waals surface area contributed by atoms with Crippen LogP contribution in [0.1, 0.15) is 77.2 Å². The van der Waals surface area contributed by atoms with Crippen LogP contribution in [0.15, 0.2) is 77.7 Å². The predicted molar refractivity (Wildman–Crippen MR) is 199 cm³/mol. The van der Waals surface area contributed by atoms with Gasteiger partial charge in [-0.25, -0.2) is 4.68 Å². The van der Waals surface area contributed by atoms with Crippen molar-refractivity contribution in [1.29, 1.82) is 0 Å². The fraction of sp³-hybridized carbons (Fsp3) is 0.425. The van der Waals surface area contributed by atoms with Crippen molar-refractivity contribution in [3.05, 3.63) is 101 Å². The van der Waals surface area contributed by atoms with Crippen LogP contribution in [0.25, 0.3) is 16.8 Å². The molecule has 270 valence electrons. The van der Waals surface area contributed by atoms with Gasteiger partial charge in [-0.15, -0.1) is 4.31 Å². The van der Waals surface area contributed by atoms with E-state index in [0.717, 1.165) is 53.6 Å². The van der Waals surface area contributed by atoms with Crippen molar-refractivity contribution in [2.45, 2.75) is 70.4 Å². The van der Waals surface area contributed by atoms with Gasteiger partial charge in [-0.05, 0) is 90.9 Å².